The largest absolute Gasteiger partial charge is 0.381 e. The van der Waals surface area contributed by atoms with Gasteiger partial charge < -0.3 is 15.2 Å². The first kappa shape index (κ1) is 25.2. The third-order valence-corrected chi connectivity index (χ3v) is 4.96. The van der Waals surface area contributed by atoms with Crippen molar-refractivity contribution in [1.82, 2.24) is 15.7 Å². The number of alkyl halides is 2. The van der Waals surface area contributed by atoms with Crippen LogP contribution < -0.4 is 10.8 Å². The van der Waals surface area contributed by atoms with Crippen LogP contribution in [0, 0.1) is 23.7 Å². The van der Waals surface area contributed by atoms with Crippen LogP contribution in [0.1, 0.15) is 29.8 Å². The van der Waals surface area contributed by atoms with Gasteiger partial charge in [-0.3, -0.25) is 19.7 Å². The number of nitrogens with one attached hydrogen (secondary N) is 2. The Labute approximate surface area is 184 Å². The van der Waals surface area contributed by atoms with Crippen molar-refractivity contribution in [2.24, 2.45) is 0 Å². The summed E-state index contributed by atoms with van der Waals surface area (Å²) in [5.41, 5.74) is -1.12. The van der Waals surface area contributed by atoms with E-state index in [9.17, 15) is 23.5 Å². The van der Waals surface area contributed by atoms with Gasteiger partial charge in [0.15, 0.2) is 5.60 Å². The molecule has 1 fully saturated rings. The molecule has 1 aliphatic rings. The Morgan fingerprint density at radius 1 is 1.19 bits per heavy atom. The molecule has 3 atom stereocenters. The predicted octanol–water partition coefficient (Wildman–Crippen LogP) is 0.382. The van der Waals surface area contributed by atoms with E-state index < -0.39 is 29.9 Å². The molecular weight excluding hydrogens is 424 g/mol. The fraction of sp³-hybridized carbons (Fsp3) is 0.455. The number of ether oxygens (including phenoxy) is 1. The lowest BCUT2D eigenvalue weighted by atomic mass is 9.95. The number of aliphatic hydroxyl groups is 1. The van der Waals surface area contributed by atoms with E-state index in [-0.39, 0.29) is 11.6 Å². The van der Waals surface area contributed by atoms with Crippen molar-refractivity contribution in [1.29, 1.82) is 0 Å². The Hall–Kier alpha value is -3.02. The second-order valence-electron chi connectivity index (χ2n) is 7.33. The van der Waals surface area contributed by atoms with E-state index >= 15 is 0 Å². The van der Waals surface area contributed by atoms with Gasteiger partial charge in [-0.15, -0.1) is 0 Å². The minimum atomic E-state index is -3.35. The van der Waals surface area contributed by atoms with Gasteiger partial charge in [0.05, 0.1) is 19.3 Å². The standard InChI is InChI=1S/C22H25F2N3O5/c1-15(27-11-13-32-14-12-27)5-3-4-6-16-7-9-17(10-8-16)19(28)25-18(20(29)26-31)22(2,30)21(23)24/h7-10,15,18,21,30-31H,11-14H2,1-2H3,(H,25,28)(H,26,29). The second-order valence-corrected chi connectivity index (χ2v) is 7.33. The number of hydroxylamine groups is 1. The van der Waals surface area contributed by atoms with E-state index in [2.05, 4.69) is 28.6 Å². The first-order valence-corrected chi connectivity index (χ1v) is 9.85. The molecular formula is C22H25F2N3O5. The number of nitrogens with zero attached hydrogens (tertiary/aromatic N) is 1. The molecule has 0 aliphatic carbocycles. The lowest BCUT2D eigenvalue weighted by Gasteiger charge is -2.30. The highest BCUT2D eigenvalue weighted by Gasteiger charge is 2.46. The van der Waals surface area contributed by atoms with Gasteiger partial charge in [0.2, 0.25) is 0 Å². The molecule has 172 valence electrons. The number of carbonyl (C=O) groups excluding carboxylic acids is 2. The summed E-state index contributed by atoms with van der Waals surface area (Å²) in [5.74, 6) is 9.17. The van der Waals surface area contributed by atoms with Gasteiger partial charge in [-0.05, 0) is 50.0 Å². The summed E-state index contributed by atoms with van der Waals surface area (Å²) in [7, 11) is 0. The molecule has 0 bridgehead atoms. The molecule has 2 amide bonds. The third-order valence-electron chi connectivity index (χ3n) is 4.96. The van der Waals surface area contributed by atoms with Gasteiger partial charge in [0.1, 0.15) is 6.04 Å². The molecule has 1 aliphatic heterocycles. The van der Waals surface area contributed by atoms with E-state index in [4.69, 9.17) is 9.94 Å². The lowest BCUT2D eigenvalue weighted by Crippen LogP contribution is -2.61. The minimum Gasteiger partial charge on any atom is -0.381 e. The van der Waals surface area contributed by atoms with Crippen LogP contribution in [0.3, 0.4) is 0 Å². The average molecular weight is 449 g/mol. The fourth-order valence-corrected chi connectivity index (χ4v) is 2.89. The van der Waals surface area contributed by atoms with Crippen molar-refractivity contribution in [3.05, 3.63) is 35.4 Å². The maximum absolute atomic E-state index is 13.1. The summed E-state index contributed by atoms with van der Waals surface area (Å²) in [6.07, 6.45) is -3.35. The van der Waals surface area contributed by atoms with Gasteiger partial charge in [-0.1, -0.05) is 11.8 Å². The van der Waals surface area contributed by atoms with Crippen molar-refractivity contribution >= 4 is 11.8 Å². The van der Waals surface area contributed by atoms with E-state index in [1.165, 1.54) is 24.3 Å². The quantitative estimate of drug-likeness (QED) is 0.284. The highest BCUT2D eigenvalue weighted by atomic mass is 19.3. The zero-order valence-electron chi connectivity index (χ0n) is 17.7. The lowest BCUT2D eigenvalue weighted by molar-refractivity contribution is -0.149. The van der Waals surface area contributed by atoms with Crippen LogP contribution in [0.25, 0.3) is 0 Å². The van der Waals surface area contributed by atoms with Gasteiger partial charge in [-0.25, -0.2) is 14.3 Å². The Balaban J connectivity index is 2.03. The molecule has 1 saturated heterocycles. The van der Waals surface area contributed by atoms with Crippen LogP contribution in [0.15, 0.2) is 24.3 Å². The summed E-state index contributed by atoms with van der Waals surface area (Å²) in [6, 6.07) is 3.79. The topological polar surface area (TPSA) is 111 Å². The Bertz CT molecular complexity index is 923. The molecule has 0 saturated carbocycles. The van der Waals surface area contributed by atoms with Crippen molar-refractivity contribution < 1.29 is 33.4 Å². The number of hydrogen-bond acceptors (Lipinski definition) is 6. The highest BCUT2D eigenvalue weighted by molar-refractivity contribution is 5.97. The molecule has 10 heteroatoms. The summed E-state index contributed by atoms with van der Waals surface area (Å²) in [4.78, 5) is 26.2. The van der Waals surface area contributed by atoms with Crippen LogP contribution in [0.5, 0.6) is 0 Å². The second kappa shape index (κ2) is 11.6. The van der Waals surface area contributed by atoms with Crippen molar-refractivity contribution in [2.45, 2.75) is 38.0 Å². The molecule has 2 rings (SSSR count). The summed E-state index contributed by atoms with van der Waals surface area (Å²) < 4.78 is 31.4. The predicted molar refractivity (Wildman–Crippen MR) is 111 cm³/mol. The summed E-state index contributed by atoms with van der Waals surface area (Å²) in [6.45, 7) is 5.67. The molecule has 3 unspecified atom stereocenters. The Morgan fingerprint density at radius 2 is 1.81 bits per heavy atom. The number of benzene rings is 1. The van der Waals surface area contributed by atoms with Gasteiger partial charge in [0, 0.05) is 24.2 Å². The summed E-state index contributed by atoms with van der Waals surface area (Å²) >= 11 is 0. The average Bonchev–Trinajstić information content (AvgIpc) is 2.80. The molecule has 32 heavy (non-hydrogen) atoms. The molecule has 1 aromatic rings. The molecule has 0 spiro atoms. The number of carbonyl (C=O) groups is 2. The van der Waals surface area contributed by atoms with Crippen LogP contribution in [-0.2, 0) is 9.53 Å². The molecule has 1 heterocycles. The third kappa shape index (κ3) is 6.74. The summed E-state index contributed by atoms with van der Waals surface area (Å²) in [5, 5.41) is 20.6. The SMILES string of the molecule is CC(C#CC#Cc1ccc(C(=O)NC(C(=O)NO)C(C)(O)C(F)F)cc1)N1CCOCC1. The smallest absolute Gasteiger partial charge is 0.269 e. The van der Waals surface area contributed by atoms with Crippen molar-refractivity contribution in [3.63, 3.8) is 0 Å². The van der Waals surface area contributed by atoms with E-state index in [1.807, 2.05) is 12.2 Å². The number of rotatable bonds is 6. The van der Waals surface area contributed by atoms with Gasteiger partial charge >= 0.3 is 0 Å². The fourth-order valence-electron chi connectivity index (χ4n) is 2.89. The number of halogens is 2. The highest BCUT2D eigenvalue weighted by Crippen LogP contribution is 2.20. The zero-order chi connectivity index (χ0) is 23.7. The normalized spacial score (nSPS) is 17.6. The van der Waals surface area contributed by atoms with E-state index in [0.29, 0.717) is 25.7 Å². The van der Waals surface area contributed by atoms with Crippen LogP contribution >= 0.6 is 0 Å². The Morgan fingerprint density at radius 3 is 2.38 bits per heavy atom. The maximum Gasteiger partial charge on any atom is 0.269 e. The first-order valence-electron chi connectivity index (χ1n) is 9.85. The molecule has 4 N–H and O–H groups in total. The minimum absolute atomic E-state index is 0.0448. The number of amides is 2. The van der Waals surface area contributed by atoms with Crippen LogP contribution in [0.4, 0.5) is 8.78 Å². The van der Waals surface area contributed by atoms with Crippen LogP contribution in [0.2, 0.25) is 0 Å². The van der Waals surface area contributed by atoms with E-state index in [1.54, 1.807) is 0 Å². The number of morpholine rings is 1. The molecule has 0 radical (unpaired) electrons. The first-order chi connectivity index (χ1) is 15.2. The van der Waals surface area contributed by atoms with Gasteiger partial charge in [-0.2, -0.15) is 0 Å². The van der Waals surface area contributed by atoms with Gasteiger partial charge in [0.25, 0.3) is 18.2 Å². The zero-order valence-corrected chi connectivity index (χ0v) is 17.7. The molecule has 1 aromatic carbocycles. The Kier molecular flexibility index (Phi) is 9.12. The maximum atomic E-state index is 13.1. The molecule has 0 aromatic heterocycles. The molecule has 8 nitrogen and oxygen atoms in total. The monoisotopic (exact) mass is 449 g/mol. The van der Waals surface area contributed by atoms with Crippen molar-refractivity contribution in [3.8, 4) is 23.7 Å². The number of hydrogen-bond donors (Lipinski definition) is 4. The van der Waals surface area contributed by atoms with E-state index in [0.717, 1.165) is 18.6 Å². The van der Waals surface area contributed by atoms with Crippen LogP contribution in [-0.4, -0.2) is 77.4 Å². The van der Waals surface area contributed by atoms with Crippen molar-refractivity contribution in [2.75, 3.05) is 26.3 Å².